The summed E-state index contributed by atoms with van der Waals surface area (Å²) in [5.74, 6) is 3.38. The van der Waals surface area contributed by atoms with E-state index in [2.05, 4.69) is 54.6 Å². The number of rotatable bonds is 8. The molecule has 7 N–H and O–H groups in total. The van der Waals surface area contributed by atoms with Gasteiger partial charge in [0.2, 0.25) is 20.4 Å². The molecule has 5 atom stereocenters. The number of esters is 3. The van der Waals surface area contributed by atoms with Crippen molar-refractivity contribution in [3.63, 3.8) is 0 Å². The third-order valence-corrected chi connectivity index (χ3v) is 14.4. The van der Waals surface area contributed by atoms with E-state index in [9.17, 15) is 19.2 Å². The summed E-state index contributed by atoms with van der Waals surface area (Å²) >= 11 is 0. The number of ether oxygens (including phenoxy) is 9. The second kappa shape index (κ2) is 23.7. The highest BCUT2D eigenvalue weighted by Gasteiger charge is 2.37. The molecule has 3 aromatic heterocycles. The number of carbonyl (C=O) groups is 4. The summed E-state index contributed by atoms with van der Waals surface area (Å²) in [6, 6.07) is 39.3. The van der Waals surface area contributed by atoms with Crippen molar-refractivity contribution in [2.24, 2.45) is 5.73 Å². The SMILES string of the molecule is C.COC(=O)[C@@H]1Cc2c([nH]c3ccccc23)[C@@H](c2ccc3c(c2)OCO3)N1.COC(=O)[C@H](N)Cc1c[nH]c2ccccc12.COC(=O)[C@H]1Cc2c([nH]c3ccccc23)[C@@H](c2ccc3c(c2)OCO3)N1.O=Cc1ccc2c(c1)OCO2. The molecular weight excluding hydrogens is 1020 g/mol. The molecule has 19 heteroatoms. The monoisotopic (exact) mass is 1080 g/mol. The number of H-pyrrole nitrogens is 3. The number of nitrogens with one attached hydrogen (secondary N) is 5. The molecule has 8 heterocycles. The van der Waals surface area contributed by atoms with Crippen molar-refractivity contribution in [2.75, 3.05) is 41.7 Å². The second-order valence-electron chi connectivity index (χ2n) is 19.0. The molecule has 0 fully saturated rings. The highest BCUT2D eigenvalue weighted by atomic mass is 16.7. The van der Waals surface area contributed by atoms with Crippen molar-refractivity contribution < 1.29 is 61.8 Å². The normalized spacial score (nSPS) is 17.9. The first-order chi connectivity index (χ1) is 38.6. The molecule has 412 valence electrons. The van der Waals surface area contributed by atoms with Crippen LogP contribution in [0.4, 0.5) is 0 Å². The molecule has 0 spiro atoms. The van der Waals surface area contributed by atoms with Gasteiger partial charge in [0.05, 0.1) is 33.4 Å². The Morgan fingerprint density at radius 1 is 0.562 bits per heavy atom. The summed E-state index contributed by atoms with van der Waals surface area (Å²) in [7, 11) is 4.19. The van der Waals surface area contributed by atoms with Crippen LogP contribution in [0.1, 0.15) is 69.1 Å². The van der Waals surface area contributed by atoms with Crippen LogP contribution in [0.2, 0.25) is 0 Å². The maximum atomic E-state index is 12.3. The summed E-state index contributed by atoms with van der Waals surface area (Å²) in [5, 5.41) is 10.2. The van der Waals surface area contributed by atoms with Gasteiger partial charge in [-0.05, 0) is 88.5 Å². The number of methoxy groups -OCH3 is 3. The molecule has 0 unspecified atom stereocenters. The van der Waals surface area contributed by atoms with E-state index in [-0.39, 0.29) is 57.8 Å². The van der Waals surface area contributed by atoms with Gasteiger partial charge < -0.3 is 63.3 Å². The minimum absolute atomic E-state index is 0. The fraction of sp³-hybridized carbons (Fsp3) is 0.246. The van der Waals surface area contributed by atoms with Crippen LogP contribution in [0.25, 0.3) is 32.7 Å². The highest BCUT2D eigenvalue weighted by molar-refractivity contribution is 5.89. The maximum absolute atomic E-state index is 12.3. The van der Waals surface area contributed by atoms with Gasteiger partial charge in [0.15, 0.2) is 34.5 Å². The molecule has 80 heavy (non-hydrogen) atoms. The third kappa shape index (κ3) is 10.9. The van der Waals surface area contributed by atoms with E-state index in [1.165, 1.54) is 21.3 Å². The summed E-state index contributed by atoms with van der Waals surface area (Å²) < 4.78 is 46.6. The number of fused-ring (bicyclic) bond motifs is 10. The lowest BCUT2D eigenvalue weighted by atomic mass is 9.90. The van der Waals surface area contributed by atoms with E-state index in [1.807, 2.05) is 91.1 Å². The van der Waals surface area contributed by atoms with E-state index >= 15 is 0 Å². The molecule has 5 aliphatic heterocycles. The van der Waals surface area contributed by atoms with Crippen molar-refractivity contribution >= 4 is 56.9 Å². The zero-order chi connectivity index (χ0) is 54.6. The van der Waals surface area contributed by atoms with Crippen LogP contribution >= 0.6 is 0 Å². The van der Waals surface area contributed by atoms with Crippen LogP contribution in [0.5, 0.6) is 34.5 Å². The molecule has 5 aliphatic rings. The fourth-order valence-electron chi connectivity index (χ4n) is 10.5. The van der Waals surface area contributed by atoms with Gasteiger partial charge in [0.1, 0.15) is 24.4 Å². The molecule has 19 nitrogen and oxygen atoms in total. The Morgan fingerprint density at radius 2 is 1.00 bits per heavy atom. The molecule has 0 radical (unpaired) electrons. The number of aromatic amines is 3. The average Bonchev–Trinajstić information content (AvgIpc) is 4.40. The van der Waals surface area contributed by atoms with Crippen molar-refractivity contribution in [1.29, 1.82) is 0 Å². The van der Waals surface area contributed by atoms with E-state index in [1.54, 1.807) is 18.2 Å². The average molecular weight is 1090 g/mol. The molecule has 0 bridgehead atoms. The van der Waals surface area contributed by atoms with Crippen LogP contribution in [0, 0.1) is 0 Å². The van der Waals surface area contributed by atoms with E-state index in [0.717, 1.165) is 101 Å². The van der Waals surface area contributed by atoms with Crippen LogP contribution in [-0.2, 0) is 47.9 Å². The van der Waals surface area contributed by atoms with Crippen molar-refractivity contribution in [3.05, 3.63) is 178 Å². The van der Waals surface area contributed by atoms with Gasteiger partial charge in [0.25, 0.3) is 0 Å². The number of hydrogen-bond acceptors (Lipinski definition) is 16. The smallest absolute Gasteiger partial charge is 0.323 e. The minimum atomic E-state index is -0.607. The molecule has 0 amide bonds. The van der Waals surface area contributed by atoms with Gasteiger partial charge in [-0.15, -0.1) is 0 Å². The Hall–Kier alpha value is -9.30. The first-order valence-corrected chi connectivity index (χ1v) is 25.5. The molecule has 0 saturated heterocycles. The quantitative estimate of drug-likeness (QED) is 0.0475. The molecule has 6 aromatic carbocycles. The van der Waals surface area contributed by atoms with E-state index in [4.69, 9.17) is 43.6 Å². The van der Waals surface area contributed by atoms with E-state index < -0.39 is 18.1 Å². The van der Waals surface area contributed by atoms with Crippen molar-refractivity contribution in [1.82, 2.24) is 25.6 Å². The largest absolute Gasteiger partial charge is 0.468 e. The Kier molecular flexibility index (Phi) is 16.0. The van der Waals surface area contributed by atoms with E-state index in [0.29, 0.717) is 36.3 Å². The lowest BCUT2D eigenvalue weighted by Gasteiger charge is -2.30. The number of benzene rings is 6. The number of nitrogens with two attached hydrogens (primary N) is 1. The zero-order valence-electron chi connectivity index (χ0n) is 43.3. The Balaban J connectivity index is 0.000000125. The topological polar surface area (TPSA) is 249 Å². The van der Waals surface area contributed by atoms with Crippen LogP contribution in [-0.4, -0.2) is 99.0 Å². The van der Waals surface area contributed by atoms with Gasteiger partial charge >= 0.3 is 17.9 Å². The van der Waals surface area contributed by atoms with Crippen LogP contribution in [0.3, 0.4) is 0 Å². The number of para-hydroxylation sites is 3. The fourth-order valence-corrected chi connectivity index (χ4v) is 10.5. The van der Waals surface area contributed by atoms with Gasteiger partial charge in [0, 0.05) is 75.1 Å². The van der Waals surface area contributed by atoms with Crippen LogP contribution < -0.4 is 44.8 Å². The van der Waals surface area contributed by atoms with Gasteiger partial charge in [-0.2, -0.15) is 0 Å². The number of hydrogen-bond donors (Lipinski definition) is 6. The van der Waals surface area contributed by atoms with Crippen molar-refractivity contribution in [3.8, 4) is 34.5 Å². The third-order valence-electron chi connectivity index (χ3n) is 14.4. The summed E-state index contributed by atoms with van der Waals surface area (Å²) in [6.07, 6.45) is 4.33. The number of aromatic nitrogens is 3. The Labute approximate surface area is 459 Å². The van der Waals surface area contributed by atoms with Gasteiger partial charge in [-0.3, -0.25) is 29.8 Å². The first kappa shape index (κ1) is 54.1. The molecule has 9 aromatic rings. The lowest BCUT2D eigenvalue weighted by molar-refractivity contribution is -0.144. The van der Waals surface area contributed by atoms with Gasteiger partial charge in [-0.25, -0.2) is 0 Å². The molecule has 0 saturated carbocycles. The van der Waals surface area contributed by atoms with Gasteiger partial charge in [-0.1, -0.05) is 74.2 Å². The minimum Gasteiger partial charge on any atom is -0.468 e. The Morgan fingerprint density at radius 3 is 1.48 bits per heavy atom. The molecule has 14 rings (SSSR count). The molecule has 0 aliphatic carbocycles. The number of carbonyl (C=O) groups excluding carboxylic acids is 4. The predicted molar refractivity (Wildman–Crippen MR) is 297 cm³/mol. The summed E-state index contributed by atoms with van der Waals surface area (Å²) in [6.45, 7) is 0.719. The molecular formula is C61H60N6O13. The summed E-state index contributed by atoms with van der Waals surface area (Å²) in [4.78, 5) is 56.2. The lowest BCUT2D eigenvalue weighted by Crippen LogP contribution is -2.45. The van der Waals surface area contributed by atoms with Crippen molar-refractivity contribution in [2.45, 2.75) is 56.9 Å². The van der Waals surface area contributed by atoms with Crippen LogP contribution in [0.15, 0.2) is 134 Å². The standard InChI is InChI=1S/2C20H18N2O4.C12H14N2O2.C8H6O3.CH4/c2*1-24-20(23)15-9-13-12-4-2-3-5-14(12)21-19(13)18(22-15)11-6-7-16-17(8-11)26-10-25-16;1-16-12(15)10(13)6-8-7-14-11-5-3-2-4-9(8)11;9-4-6-1-2-7-8(3-6)11-5-10-7;/h2*2-8,15,18,21-22H,9-10H2,1H3;2-5,7,10,14H,6,13H2,1H3;1-4H,5H2;1H4/t15-,18+;15-,18-;10-;;/m011../s1. The zero-order valence-corrected chi connectivity index (χ0v) is 43.3. The Bertz CT molecular complexity index is 3570. The number of aldehydes is 1. The second-order valence-corrected chi connectivity index (χ2v) is 19.0. The maximum Gasteiger partial charge on any atom is 0.323 e. The summed E-state index contributed by atoms with van der Waals surface area (Å²) in [5.41, 5.74) is 17.0. The predicted octanol–water partition coefficient (Wildman–Crippen LogP) is 8.42. The highest BCUT2D eigenvalue weighted by Crippen LogP contribution is 2.42. The first-order valence-electron chi connectivity index (χ1n) is 25.5.